The second-order valence-electron chi connectivity index (χ2n) is 5.47. The number of rotatable bonds is 8. The van der Waals surface area contributed by atoms with Crippen LogP contribution in [0.5, 0.6) is 5.75 Å². The average molecular weight is 361 g/mol. The number of halogens is 1. The van der Waals surface area contributed by atoms with Crippen LogP contribution in [-0.2, 0) is 11.4 Å². The Balaban J connectivity index is 1.81. The largest absolute Gasteiger partial charge is 0.489 e. The van der Waals surface area contributed by atoms with E-state index in [9.17, 15) is 9.59 Å². The van der Waals surface area contributed by atoms with Crippen molar-refractivity contribution < 1.29 is 14.3 Å². The molecule has 0 aromatic heterocycles. The summed E-state index contributed by atoms with van der Waals surface area (Å²) in [6, 6.07) is 14.2. The second kappa shape index (κ2) is 9.69. The maximum atomic E-state index is 12.0. The Morgan fingerprint density at radius 3 is 2.32 bits per heavy atom. The highest BCUT2D eigenvalue weighted by molar-refractivity contribution is 6.30. The summed E-state index contributed by atoms with van der Waals surface area (Å²) in [7, 11) is 0. The van der Waals surface area contributed by atoms with Crippen LogP contribution in [0.1, 0.15) is 29.3 Å². The van der Waals surface area contributed by atoms with Gasteiger partial charge in [-0.1, -0.05) is 30.7 Å². The summed E-state index contributed by atoms with van der Waals surface area (Å²) in [6.45, 7) is 2.94. The van der Waals surface area contributed by atoms with E-state index >= 15 is 0 Å². The fourth-order valence-electron chi connectivity index (χ4n) is 2.04. The molecule has 132 valence electrons. The maximum Gasteiger partial charge on any atom is 0.251 e. The Bertz CT molecular complexity index is 700. The number of benzene rings is 2. The van der Waals surface area contributed by atoms with Crippen molar-refractivity contribution in [3.8, 4) is 5.75 Å². The van der Waals surface area contributed by atoms with Gasteiger partial charge in [0, 0.05) is 17.1 Å². The van der Waals surface area contributed by atoms with Crippen LogP contribution in [0.25, 0.3) is 0 Å². The third-order valence-electron chi connectivity index (χ3n) is 3.42. The standard InChI is InChI=1S/C19H21ClN2O3/c1-2-11-21-18(23)12-22-19(24)15-5-3-14(4-6-15)13-25-17-9-7-16(20)8-10-17/h3-10H,2,11-13H2,1H3,(H,21,23)(H,22,24). The van der Waals surface area contributed by atoms with Crippen molar-refractivity contribution in [1.82, 2.24) is 10.6 Å². The lowest BCUT2D eigenvalue weighted by Gasteiger charge is -2.08. The van der Waals surface area contributed by atoms with Crippen molar-refractivity contribution in [2.24, 2.45) is 0 Å². The highest BCUT2D eigenvalue weighted by atomic mass is 35.5. The lowest BCUT2D eigenvalue weighted by molar-refractivity contribution is -0.120. The predicted molar refractivity (Wildman–Crippen MR) is 97.9 cm³/mol. The minimum atomic E-state index is -0.281. The molecule has 0 radical (unpaired) electrons. The lowest BCUT2D eigenvalue weighted by Crippen LogP contribution is -2.37. The molecule has 2 amide bonds. The quantitative estimate of drug-likeness (QED) is 0.759. The molecular weight excluding hydrogens is 340 g/mol. The SMILES string of the molecule is CCCNC(=O)CNC(=O)c1ccc(COc2ccc(Cl)cc2)cc1. The molecule has 0 unspecified atom stereocenters. The van der Waals surface area contributed by atoms with Crippen molar-refractivity contribution in [1.29, 1.82) is 0 Å². The minimum Gasteiger partial charge on any atom is -0.489 e. The number of amides is 2. The molecule has 0 heterocycles. The van der Waals surface area contributed by atoms with E-state index in [4.69, 9.17) is 16.3 Å². The van der Waals surface area contributed by atoms with Gasteiger partial charge in [-0.2, -0.15) is 0 Å². The van der Waals surface area contributed by atoms with Crippen LogP contribution in [-0.4, -0.2) is 24.9 Å². The number of hydrogen-bond donors (Lipinski definition) is 2. The van der Waals surface area contributed by atoms with Crippen molar-refractivity contribution in [2.75, 3.05) is 13.1 Å². The Hall–Kier alpha value is -2.53. The summed E-state index contributed by atoms with van der Waals surface area (Å²) in [5.74, 6) is 0.254. The van der Waals surface area contributed by atoms with Crippen molar-refractivity contribution >= 4 is 23.4 Å². The van der Waals surface area contributed by atoms with E-state index in [2.05, 4.69) is 10.6 Å². The molecule has 5 nitrogen and oxygen atoms in total. The molecule has 2 N–H and O–H groups in total. The predicted octanol–water partition coefficient (Wildman–Crippen LogP) is 3.18. The van der Waals surface area contributed by atoms with E-state index in [0.29, 0.717) is 23.7 Å². The molecule has 25 heavy (non-hydrogen) atoms. The number of nitrogens with one attached hydrogen (secondary N) is 2. The van der Waals surface area contributed by atoms with Gasteiger partial charge in [0.25, 0.3) is 5.91 Å². The number of hydrogen-bond acceptors (Lipinski definition) is 3. The van der Waals surface area contributed by atoms with Gasteiger partial charge in [0.05, 0.1) is 6.54 Å². The summed E-state index contributed by atoms with van der Waals surface area (Å²) in [6.07, 6.45) is 0.860. The van der Waals surface area contributed by atoms with Gasteiger partial charge < -0.3 is 15.4 Å². The van der Waals surface area contributed by atoms with E-state index in [1.807, 2.05) is 19.1 Å². The van der Waals surface area contributed by atoms with Crippen LogP contribution in [0.3, 0.4) is 0 Å². The van der Waals surface area contributed by atoms with Gasteiger partial charge in [-0.15, -0.1) is 0 Å². The number of carbonyl (C=O) groups is 2. The first-order chi connectivity index (χ1) is 12.1. The Labute approximate surface area is 152 Å². The van der Waals surface area contributed by atoms with Gasteiger partial charge in [0.15, 0.2) is 0 Å². The highest BCUT2D eigenvalue weighted by Crippen LogP contribution is 2.17. The smallest absolute Gasteiger partial charge is 0.251 e. The molecule has 2 rings (SSSR count). The zero-order valence-corrected chi connectivity index (χ0v) is 14.8. The monoisotopic (exact) mass is 360 g/mol. The van der Waals surface area contributed by atoms with Crippen molar-refractivity contribution in [2.45, 2.75) is 20.0 Å². The molecule has 0 bridgehead atoms. The Morgan fingerprint density at radius 2 is 1.68 bits per heavy atom. The van der Waals surface area contributed by atoms with Gasteiger partial charge >= 0.3 is 0 Å². The summed E-state index contributed by atoms with van der Waals surface area (Å²) < 4.78 is 5.65. The van der Waals surface area contributed by atoms with Crippen molar-refractivity contribution in [3.05, 3.63) is 64.7 Å². The first-order valence-electron chi connectivity index (χ1n) is 8.10. The molecule has 0 atom stereocenters. The molecule has 6 heteroatoms. The van der Waals surface area contributed by atoms with Crippen LogP contribution < -0.4 is 15.4 Å². The van der Waals surface area contributed by atoms with Gasteiger partial charge in [-0.3, -0.25) is 9.59 Å². The van der Waals surface area contributed by atoms with E-state index in [-0.39, 0.29) is 18.4 Å². The molecule has 2 aromatic carbocycles. The molecule has 2 aromatic rings. The average Bonchev–Trinajstić information content (AvgIpc) is 2.64. The van der Waals surface area contributed by atoms with Crippen LogP contribution in [0.2, 0.25) is 5.02 Å². The van der Waals surface area contributed by atoms with E-state index in [1.165, 1.54) is 0 Å². The third-order valence-corrected chi connectivity index (χ3v) is 3.67. The van der Waals surface area contributed by atoms with Gasteiger partial charge in [0.1, 0.15) is 12.4 Å². The fraction of sp³-hybridized carbons (Fsp3) is 0.263. The van der Waals surface area contributed by atoms with E-state index < -0.39 is 0 Å². The van der Waals surface area contributed by atoms with Gasteiger partial charge in [0.2, 0.25) is 5.91 Å². The molecule has 0 aliphatic carbocycles. The fourth-order valence-corrected chi connectivity index (χ4v) is 2.17. The summed E-state index contributed by atoms with van der Waals surface area (Å²) in [4.78, 5) is 23.5. The van der Waals surface area contributed by atoms with Gasteiger partial charge in [-0.05, 0) is 48.4 Å². The summed E-state index contributed by atoms with van der Waals surface area (Å²) in [5, 5.41) is 5.96. The Kier molecular flexibility index (Phi) is 7.29. The van der Waals surface area contributed by atoms with Crippen LogP contribution in [0.15, 0.2) is 48.5 Å². The van der Waals surface area contributed by atoms with E-state index in [1.54, 1.807) is 36.4 Å². The molecule has 0 spiro atoms. The second-order valence-corrected chi connectivity index (χ2v) is 5.91. The van der Waals surface area contributed by atoms with Gasteiger partial charge in [-0.25, -0.2) is 0 Å². The van der Waals surface area contributed by atoms with Crippen molar-refractivity contribution in [3.63, 3.8) is 0 Å². The van der Waals surface area contributed by atoms with Crippen LogP contribution in [0, 0.1) is 0 Å². The van der Waals surface area contributed by atoms with E-state index in [0.717, 1.165) is 17.7 Å². The molecule has 0 aliphatic rings. The zero-order chi connectivity index (χ0) is 18.1. The first-order valence-corrected chi connectivity index (χ1v) is 8.48. The minimum absolute atomic E-state index is 0.0275. The molecule has 0 saturated carbocycles. The maximum absolute atomic E-state index is 12.0. The topological polar surface area (TPSA) is 67.4 Å². The lowest BCUT2D eigenvalue weighted by atomic mass is 10.1. The Morgan fingerprint density at radius 1 is 1.00 bits per heavy atom. The summed E-state index contributed by atoms with van der Waals surface area (Å²) >= 11 is 5.83. The van der Waals surface area contributed by atoms with Crippen LogP contribution in [0.4, 0.5) is 0 Å². The molecule has 0 fully saturated rings. The third kappa shape index (κ3) is 6.47. The molecular formula is C19H21ClN2O3. The number of ether oxygens (including phenoxy) is 1. The molecule has 0 aliphatic heterocycles. The normalized spacial score (nSPS) is 10.2. The molecule has 0 saturated heterocycles. The zero-order valence-electron chi connectivity index (χ0n) is 14.0. The van der Waals surface area contributed by atoms with Crippen LogP contribution >= 0.6 is 11.6 Å². The number of carbonyl (C=O) groups excluding carboxylic acids is 2. The highest BCUT2D eigenvalue weighted by Gasteiger charge is 2.07. The first kappa shape index (κ1) is 18.8. The summed E-state index contributed by atoms with van der Waals surface area (Å²) in [5.41, 5.74) is 1.44.